The summed E-state index contributed by atoms with van der Waals surface area (Å²) in [7, 11) is 0. The molecule has 0 aliphatic heterocycles. The van der Waals surface area contributed by atoms with Crippen LogP contribution in [0.1, 0.15) is 0 Å². The molecule has 0 radical (unpaired) electrons. The summed E-state index contributed by atoms with van der Waals surface area (Å²) in [6.07, 6.45) is 4.71. The van der Waals surface area contributed by atoms with E-state index in [0.717, 1.165) is 10.2 Å². The lowest BCUT2D eigenvalue weighted by atomic mass is 10.1. The van der Waals surface area contributed by atoms with E-state index in [9.17, 15) is 0 Å². The van der Waals surface area contributed by atoms with Crippen molar-refractivity contribution < 1.29 is 4.74 Å². The van der Waals surface area contributed by atoms with Crippen LogP contribution in [0.3, 0.4) is 0 Å². The van der Waals surface area contributed by atoms with Crippen LogP contribution in [0.15, 0.2) is 49.1 Å². The third kappa shape index (κ3) is 3.42. The summed E-state index contributed by atoms with van der Waals surface area (Å²) >= 11 is 11.7. The van der Waals surface area contributed by atoms with Gasteiger partial charge in [0.15, 0.2) is 0 Å². The second-order valence-electron chi connectivity index (χ2n) is 4.63. The van der Waals surface area contributed by atoms with Crippen molar-refractivity contribution in [2.45, 2.75) is 0 Å². The molecule has 0 spiro atoms. The van der Waals surface area contributed by atoms with Gasteiger partial charge in [0.05, 0.1) is 0 Å². The van der Waals surface area contributed by atoms with Crippen LogP contribution in [0.2, 0.25) is 5.02 Å². The lowest BCUT2D eigenvalue weighted by molar-refractivity contribution is 0.450. The highest BCUT2D eigenvalue weighted by Gasteiger charge is 2.11. The quantitative estimate of drug-likeness (QED) is 0.552. The number of nitrogens with zero attached hydrogens (tertiary/aromatic N) is 4. The number of rotatable bonds is 3. The zero-order chi connectivity index (χ0) is 17.1. The van der Waals surface area contributed by atoms with Crippen molar-refractivity contribution in [2.75, 3.05) is 0 Å². The molecule has 7 nitrogen and oxygen atoms in total. The van der Waals surface area contributed by atoms with Crippen molar-refractivity contribution in [1.82, 2.24) is 19.7 Å². The van der Waals surface area contributed by atoms with E-state index in [-0.39, 0.29) is 11.4 Å². The minimum Gasteiger partial charge on any atom is -0.437 e. The fraction of sp³-hybridized carbons (Fsp3) is 0. The molecule has 0 unspecified atom stereocenters. The minimum absolute atomic E-state index is 0.0323. The van der Waals surface area contributed by atoms with Crippen LogP contribution in [-0.2, 0) is 0 Å². The van der Waals surface area contributed by atoms with Crippen LogP contribution in [0.4, 0.5) is 0 Å². The summed E-state index contributed by atoms with van der Waals surface area (Å²) in [5, 5.41) is 19.2. The fourth-order valence-electron chi connectivity index (χ4n) is 1.98. The van der Waals surface area contributed by atoms with E-state index < -0.39 is 5.29 Å². The molecule has 0 bridgehead atoms. The zero-order valence-electron chi connectivity index (χ0n) is 12.1. The topological polar surface area (TPSA) is 101 Å². The third-order valence-electron chi connectivity index (χ3n) is 3.02. The largest absolute Gasteiger partial charge is 0.437 e. The van der Waals surface area contributed by atoms with Crippen molar-refractivity contribution in [3.63, 3.8) is 0 Å². The molecule has 0 saturated heterocycles. The maximum Gasteiger partial charge on any atom is 0.237 e. The average molecular weight is 361 g/mol. The monoisotopic (exact) mass is 360 g/mol. The molecule has 0 aliphatic rings. The van der Waals surface area contributed by atoms with Gasteiger partial charge in [0.2, 0.25) is 11.2 Å². The van der Waals surface area contributed by atoms with Gasteiger partial charge in [-0.15, -0.1) is 5.10 Å². The minimum atomic E-state index is -0.404. The number of hydrogen-bond donors (Lipinski definition) is 2. The number of ether oxygens (including phenoxy) is 1. The van der Waals surface area contributed by atoms with Crippen molar-refractivity contribution in [1.29, 1.82) is 10.8 Å². The molecule has 0 atom stereocenters. The first-order valence-electron chi connectivity index (χ1n) is 6.67. The van der Waals surface area contributed by atoms with Gasteiger partial charge in [0, 0.05) is 34.6 Å². The van der Waals surface area contributed by atoms with Gasteiger partial charge in [-0.1, -0.05) is 11.6 Å². The molecule has 0 fully saturated rings. The summed E-state index contributed by atoms with van der Waals surface area (Å²) < 4.78 is 6.72. The van der Waals surface area contributed by atoms with Crippen LogP contribution in [0.25, 0.3) is 11.1 Å². The number of hydrogen-bond acceptors (Lipinski definition) is 6. The van der Waals surface area contributed by atoms with Crippen molar-refractivity contribution in [2.24, 2.45) is 0 Å². The van der Waals surface area contributed by atoms with Crippen LogP contribution < -0.4 is 10.2 Å². The van der Waals surface area contributed by atoms with Crippen molar-refractivity contribution >= 4 is 28.5 Å². The first-order chi connectivity index (χ1) is 11.5. The van der Waals surface area contributed by atoms with E-state index >= 15 is 0 Å². The highest BCUT2D eigenvalue weighted by Crippen LogP contribution is 2.34. The molecule has 2 N–H and O–H groups in total. The Hall–Kier alpha value is -2.77. The number of benzene rings is 1. The Morgan fingerprint density at radius 1 is 1.12 bits per heavy atom. The van der Waals surface area contributed by atoms with E-state index in [1.807, 2.05) is 0 Å². The molecule has 0 saturated carbocycles. The lowest BCUT2D eigenvalue weighted by Crippen LogP contribution is -2.25. The summed E-state index contributed by atoms with van der Waals surface area (Å²) in [5.74, 6) is 0.656. The zero-order valence-corrected chi connectivity index (χ0v) is 13.6. The highest BCUT2D eigenvalue weighted by atomic mass is 35.5. The van der Waals surface area contributed by atoms with Crippen molar-refractivity contribution in [3.8, 4) is 22.8 Å². The smallest absolute Gasteiger partial charge is 0.237 e. The normalized spacial score (nSPS) is 10.4. The highest BCUT2D eigenvalue weighted by molar-refractivity contribution is 6.64. The van der Waals surface area contributed by atoms with Crippen LogP contribution in [0, 0.1) is 10.8 Å². The van der Waals surface area contributed by atoms with Crippen LogP contribution in [0.5, 0.6) is 11.6 Å². The summed E-state index contributed by atoms with van der Waals surface area (Å²) in [5.41, 5.74) is 1.38. The molecule has 3 rings (SSSR count). The molecule has 0 amide bonds. The molecule has 1 aromatic carbocycles. The standard InChI is InChI=1S/C15H10Cl2N6O/c16-10-1-2-12(11(5-10)9-6-20-8-21-7-9)24-14-4-3-13(18)23(22-14)15(17)19/h1-8,18-19H. The van der Waals surface area contributed by atoms with Gasteiger partial charge in [0.1, 0.15) is 17.6 Å². The maximum absolute atomic E-state index is 7.67. The van der Waals surface area contributed by atoms with Gasteiger partial charge >= 0.3 is 0 Å². The van der Waals surface area contributed by atoms with E-state index in [2.05, 4.69) is 15.1 Å². The fourth-order valence-corrected chi connectivity index (χ4v) is 2.28. The molecule has 2 aromatic heterocycles. The SMILES string of the molecule is N=C(Cl)n1nc(Oc2ccc(Cl)cc2-c2cncnc2)ccc1=N. The maximum atomic E-state index is 7.67. The Morgan fingerprint density at radius 3 is 2.58 bits per heavy atom. The van der Waals surface area contributed by atoms with Crippen molar-refractivity contribution in [3.05, 3.63) is 59.6 Å². The molecule has 120 valence electrons. The van der Waals surface area contributed by atoms with E-state index in [1.165, 1.54) is 18.5 Å². The van der Waals surface area contributed by atoms with Crippen LogP contribution >= 0.6 is 23.2 Å². The molecule has 2 heterocycles. The second-order valence-corrected chi connectivity index (χ2v) is 5.42. The molecule has 3 aromatic rings. The van der Waals surface area contributed by atoms with Gasteiger partial charge in [-0.25, -0.2) is 9.97 Å². The Labute approximate surface area is 146 Å². The predicted molar refractivity (Wildman–Crippen MR) is 89.6 cm³/mol. The Bertz CT molecular complexity index is 958. The average Bonchev–Trinajstić information content (AvgIpc) is 2.58. The van der Waals surface area contributed by atoms with Gasteiger partial charge < -0.3 is 4.74 Å². The number of halogens is 2. The Kier molecular flexibility index (Phi) is 4.54. The molecular weight excluding hydrogens is 351 g/mol. The Balaban J connectivity index is 2.04. The third-order valence-corrected chi connectivity index (χ3v) is 3.42. The van der Waals surface area contributed by atoms with Gasteiger partial charge in [0.25, 0.3) is 0 Å². The number of aromatic nitrogens is 4. The van der Waals surface area contributed by atoms with Gasteiger partial charge in [-0.2, -0.15) is 4.68 Å². The van der Waals surface area contributed by atoms with Gasteiger partial charge in [-0.05, 0) is 35.9 Å². The van der Waals surface area contributed by atoms with E-state index in [4.69, 9.17) is 38.8 Å². The summed E-state index contributed by atoms with van der Waals surface area (Å²) in [4.78, 5) is 7.98. The van der Waals surface area contributed by atoms with E-state index in [1.54, 1.807) is 30.6 Å². The molecule has 0 aliphatic carbocycles. The second kappa shape index (κ2) is 6.77. The van der Waals surface area contributed by atoms with Crippen LogP contribution in [-0.4, -0.2) is 25.0 Å². The first-order valence-corrected chi connectivity index (χ1v) is 7.42. The molecule has 9 heteroatoms. The number of nitrogens with one attached hydrogen (secondary N) is 2. The Morgan fingerprint density at radius 2 is 1.88 bits per heavy atom. The summed E-state index contributed by atoms with van der Waals surface area (Å²) in [6.45, 7) is 0. The van der Waals surface area contributed by atoms with Gasteiger partial charge in [-0.3, -0.25) is 10.8 Å². The summed E-state index contributed by atoms with van der Waals surface area (Å²) in [6, 6.07) is 8.04. The molecular formula is C15H10Cl2N6O. The lowest BCUT2D eigenvalue weighted by Gasteiger charge is -2.11. The first kappa shape index (κ1) is 16.1. The predicted octanol–water partition coefficient (Wildman–Crippen LogP) is 3.29. The molecule has 24 heavy (non-hydrogen) atoms. The van der Waals surface area contributed by atoms with E-state index in [0.29, 0.717) is 16.3 Å².